The van der Waals surface area contributed by atoms with Crippen LogP contribution < -0.4 is 18.9 Å². The normalized spacial score (nSPS) is 11.5. The van der Waals surface area contributed by atoms with E-state index in [9.17, 15) is 8.42 Å². The molecule has 0 aliphatic rings. The van der Waals surface area contributed by atoms with Gasteiger partial charge in [-0.25, -0.2) is 24.9 Å². The number of aromatic nitrogens is 5. The van der Waals surface area contributed by atoms with Crippen molar-refractivity contribution in [1.82, 2.24) is 29.6 Å². The molecule has 0 bridgehead atoms. The summed E-state index contributed by atoms with van der Waals surface area (Å²) < 4.78 is 43.4. The first-order valence-corrected chi connectivity index (χ1v) is 13.8. The molecule has 0 fully saturated rings. The first-order valence-electron chi connectivity index (χ1n) is 10.6. The van der Waals surface area contributed by atoms with Crippen molar-refractivity contribution in [3.8, 4) is 23.0 Å². The Labute approximate surface area is 214 Å². The lowest BCUT2D eigenvalue weighted by Crippen LogP contribution is -2.31. The molecule has 0 radical (unpaired) electrons. The molecular formula is C21H22BrN7O4S2. The summed E-state index contributed by atoms with van der Waals surface area (Å²) in [5.74, 6) is 0.284. The Hall–Kier alpha value is -2.94. The van der Waals surface area contributed by atoms with Crippen LogP contribution in [0.1, 0.15) is 19.8 Å². The van der Waals surface area contributed by atoms with Gasteiger partial charge in [-0.3, -0.25) is 4.72 Å². The van der Waals surface area contributed by atoms with E-state index >= 15 is 0 Å². The van der Waals surface area contributed by atoms with Crippen molar-refractivity contribution in [3.05, 3.63) is 46.9 Å². The minimum atomic E-state index is -3.85. The van der Waals surface area contributed by atoms with Crippen molar-refractivity contribution < 1.29 is 17.9 Å². The predicted octanol–water partition coefficient (Wildman–Crippen LogP) is 3.81. The minimum Gasteiger partial charge on any atom is -0.473 e. The van der Waals surface area contributed by atoms with E-state index in [1.807, 2.05) is 25.1 Å². The van der Waals surface area contributed by atoms with Crippen molar-refractivity contribution >= 4 is 53.5 Å². The van der Waals surface area contributed by atoms with Gasteiger partial charge < -0.3 is 9.47 Å². The van der Waals surface area contributed by atoms with Crippen molar-refractivity contribution in [1.29, 1.82) is 0 Å². The summed E-state index contributed by atoms with van der Waals surface area (Å²) in [6, 6.07) is 5.80. The lowest BCUT2D eigenvalue weighted by molar-refractivity contribution is 0.202. The Morgan fingerprint density at radius 3 is 2.66 bits per heavy atom. The maximum atomic E-state index is 12.6. The van der Waals surface area contributed by atoms with Gasteiger partial charge in [0.15, 0.2) is 5.82 Å². The molecule has 0 atom stereocenters. The van der Waals surface area contributed by atoms with Crippen LogP contribution in [0.5, 0.6) is 11.9 Å². The van der Waals surface area contributed by atoms with E-state index in [-0.39, 0.29) is 30.9 Å². The number of fused-ring (bicyclic) bond motifs is 1. The van der Waals surface area contributed by atoms with E-state index in [1.165, 1.54) is 17.7 Å². The molecule has 0 unspecified atom stereocenters. The molecule has 11 nitrogen and oxygen atoms in total. The second-order valence-corrected chi connectivity index (χ2v) is 10.5. The number of benzene rings is 1. The third-order valence-electron chi connectivity index (χ3n) is 4.63. The fourth-order valence-corrected chi connectivity index (χ4v) is 4.78. The van der Waals surface area contributed by atoms with Crippen LogP contribution >= 0.6 is 27.3 Å². The molecule has 0 aliphatic heterocycles. The Balaban J connectivity index is 1.58. The first kappa shape index (κ1) is 25.2. The van der Waals surface area contributed by atoms with Crippen molar-refractivity contribution in [2.24, 2.45) is 0 Å². The zero-order valence-electron chi connectivity index (χ0n) is 18.6. The van der Waals surface area contributed by atoms with Gasteiger partial charge in [0.25, 0.3) is 10.2 Å². The fraction of sp³-hybridized carbons (Fsp3) is 0.286. The van der Waals surface area contributed by atoms with Gasteiger partial charge in [0.2, 0.25) is 5.88 Å². The maximum absolute atomic E-state index is 12.6. The zero-order chi connectivity index (χ0) is 24.7. The molecule has 4 aromatic rings. The lowest BCUT2D eigenvalue weighted by Gasteiger charge is -2.16. The Kier molecular flexibility index (Phi) is 8.38. The van der Waals surface area contributed by atoms with Crippen LogP contribution in [-0.4, -0.2) is 53.1 Å². The largest absolute Gasteiger partial charge is 0.473 e. The van der Waals surface area contributed by atoms with Crippen LogP contribution in [0.15, 0.2) is 46.9 Å². The smallest absolute Gasteiger partial charge is 0.316 e. The highest BCUT2D eigenvalue weighted by molar-refractivity contribution is 9.10. The van der Waals surface area contributed by atoms with E-state index in [0.29, 0.717) is 24.1 Å². The van der Waals surface area contributed by atoms with Crippen LogP contribution in [-0.2, 0) is 10.2 Å². The molecule has 3 heterocycles. The van der Waals surface area contributed by atoms with Crippen LogP contribution in [0.3, 0.4) is 0 Å². The standard InChI is InChI=1S/C21H22BrN7O4S2/c1-2-3-6-28-35(30,31)29-19-18(14-4-5-17-16(9-14)27-13-34-17)20(26-12-25-19)32-7-8-33-21-23-10-15(22)11-24-21/h4-5,9-13,28H,2-3,6-8H2,1H3,(H,25,26,29). The highest BCUT2D eigenvalue weighted by atomic mass is 79.9. The highest BCUT2D eigenvalue weighted by Crippen LogP contribution is 2.36. The Morgan fingerprint density at radius 1 is 1.06 bits per heavy atom. The SMILES string of the molecule is CCCCNS(=O)(=O)Nc1ncnc(OCCOc2ncc(Br)cn2)c1-c1ccc2scnc2c1. The molecule has 14 heteroatoms. The number of nitrogens with zero attached hydrogens (tertiary/aromatic N) is 5. The average molecular weight is 580 g/mol. The summed E-state index contributed by atoms with van der Waals surface area (Å²) in [5, 5.41) is 0. The van der Waals surface area contributed by atoms with Gasteiger partial charge in [-0.05, 0) is 40.0 Å². The molecule has 0 spiro atoms. The number of nitrogens with one attached hydrogen (secondary N) is 2. The summed E-state index contributed by atoms with van der Waals surface area (Å²) in [7, 11) is -3.85. The summed E-state index contributed by atoms with van der Waals surface area (Å²) in [6.45, 7) is 2.56. The van der Waals surface area contributed by atoms with Crippen LogP contribution in [0.4, 0.5) is 5.82 Å². The number of unbranched alkanes of at least 4 members (excludes halogenated alkanes) is 1. The van der Waals surface area contributed by atoms with E-state index in [0.717, 1.165) is 21.1 Å². The number of thiazole rings is 1. The average Bonchev–Trinajstić information content (AvgIpc) is 3.31. The molecule has 1 aromatic carbocycles. The third-order valence-corrected chi connectivity index (χ3v) is 6.90. The summed E-state index contributed by atoms with van der Waals surface area (Å²) in [6.07, 6.45) is 5.97. The fourth-order valence-electron chi connectivity index (χ4n) is 3.02. The number of anilines is 1. The Bertz CT molecular complexity index is 1380. The molecule has 0 saturated heterocycles. The van der Waals surface area contributed by atoms with Crippen LogP contribution in [0.2, 0.25) is 0 Å². The number of rotatable bonds is 12. The minimum absolute atomic E-state index is 0.0886. The van der Waals surface area contributed by atoms with Gasteiger partial charge >= 0.3 is 6.01 Å². The topological polar surface area (TPSA) is 141 Å². The van der Waals surface area contributed by atoms with E-state index in [2.05, 4.69) is 50.3 Å². The third kappa shape index (κ3) is 6.81. The van der Waals surface area contributed by atoms with Gasteiger partial charge in [-0.2, -0.15) is 13.1 Å². The van der Waals surface area contributed by atoms with Gasteiger partial charge in [0, 0.05) is 18.9 Å². The zero-order valence-corrected chi connectivity index (χ0v) is 21.9. The van der Waals surface area contributed by atoms with Gasteiger partial charge in [-0.1, -0.05) is 19.4 Å². The van der Waals surface area contributed by atoms with E-state index in [1.54, 1.807) is 17.9 Å². The molecule has 184 valence electrons. The Morgan fingerprint density at radius 2 is 1.86 bits per heavy atom. The second kappa shape index (κ2) is 11.7. The molecule has 0 saturated carbocycles. The van der Waals surface area contributed by atoms with Crippen molar-refractivity contribution in [3.63, 3.8) is 0 Å². The van der Waals surface area contributed by atoms with Gasteiger partial charge in [0.05, 0.1) is 25.8 Å². The molecule has 4 rings (SSSR count). The number of halogens is 1. The number of hydrogen-bond acceptors (Lipinski definition) is 10. The molecule has 35 heavy (non-hydrogen) atoms. The van der Waals surface area contributed by atoms with Crippen molar-refractivity contribution in [2.45, 2.75) is 19.8 Å². The number of ether oxygens (including phenoxy) is 2. The van der Waals surface area contributed by atoms with Gasteiger partial charge in [-0.15, -0.1) is 11.3 Å². The van der Waals surface area contributed by atoms with Crippen LogP contribution in [0, 0.1) is 0 Å². The summed E-state index contributed by atoms with van der Waals surface area (Å²) >= 11 is 4.78. The van der Waals surface area contributed by atoms with E-state index < -0.39 is 10.2 Å². The van der Waals surface area contributed by atoms with E-state index in [4.69, 9.17) is 9.47 Å². The van der Waals surface area contributed by atoms with Gasteiger partial charge in [0.1, 0.15) is 19.5 Å². The summed E-state index contributed by atoms with van der Waals surface area (Å²) in [5.41, 5.74) is 3.56. The van der Waals surface area contributed by atoms with Crippen LogP contribution in [0.25, 0.3) is 21.3 Å². The first-order chi connectivity index (χ1) is 16.9. The predicted molar refractivity (Wildman–Crippen MR) is 137 cm³/mol. The quantitative estimate of drug-likeness (QED) is 0.239. The lowest BCUT2D eigenvalue weighted by atomic mass is 10.1. The molecule has 0 aliphatic carbocycles. The number of hydrogen-bond donors (Lipinski definition) is 2. The highest BCUT2D eigenvalue weighted by Gasteiger charge is 2.20. The molecule has 2 N–H and O–H groups in total. The second-order valence-electron chi connectivity index (χ2n) is 7.17. The summed E-state index contributed by atoms with van der Waals surface area (Å²) in [4.78, 5) is 20.9. The molecule has 3 aromatic heterocycles. The monoisotopic (exact) mass is 579 g/mol. The maximum Gasteiger partial charge on any atom is 0.316 e. The molecular weight excluding hydrogens is 558 g/mol. The molecule has 0 amide bonds. The van der Waals surface area contributed by atoms with Crippen molar-refractivity contribution in [2.75, 3.05) is 24.5 Å².